The number of ether oxygens (including phenoxy) is 3. The molecule has 1 saturated heterocycles. The summed E-state index contributed by atoms with van der Waals surface area (Å²) < 4.78 is 16.6. The Morgan fingerprint density at radius 3 is 2.74 bits per heavy atom. The maximum absolute atomic E-state index is 12.8. The molecule has 4 rings (SSSR count). The third kappa shape index (κ3) is 3.53. The van der Waals surface area contributed by atoms with Crippen molar-refractivity contribution in [2.75, 3.05) is 13.2 Å². The number of hydrogen-bond donors (Lipinski definition) is 0. The molecule has 27 heavy (non-hydrogen) atoms. The van der Waals surface area contributed by atoms with Crippen LogP contribution in [0.2, 0.25) is 0 Å². The van der Waals surface area contributed by atoms with Crippen molar-refractivity contribution in [2.24, 2.45) is 0 Å². The number of carbonyl (C=O) groups is 2. The van der Waals surface area contributed by atoms with Gasteiger partial charge in [0.15, 0.2) is 5.78 Å². The number of hydrogen-bond acceptors (Lipinski definition) is 5. The van der Waals surface area contributed by atoms with Crippen LogP contribution in [-0.2, 0) is 16.1 Å². The summed E-state index contributed by atoms with van der Waals surface area (Å²) in [5.41, 5.74) is 2.29. The molecule has 2 aliphatic heterocycles. The van der Waals surface area contributed by atoms with Gasteiger partial charge in [-0.15, -0.1) is 0 Å². The SMILES string of the molecule is CC1(C)OCc2cc(C(=O)CN3C(=O)OC[C@@H]3c3ccccc3)ccc2O1. The number of nitrogens with zero attached hydrogens (tertiary/aromatic N) is 1. The van der Waals surface area contributed by atoms with Gasteiger partial charge in [0, 0.05) is 25.0 Å². The van der Waals surface area contributed by atoms with Gasteiger partial charge in [-0.1, -0.05) is 30.3 Å². The fourth-order valence-electron chi connectivity index (χ4n) is 3.33. The first-order chi connectivity index (χ1) is 12.9. The minimum atomic E-state index is -0.680. The number of Topliss-reactive ketones (excluding diaryl/α,β-unsaturated/α-hetero) is 1. The predicted molar refractivity (Wildman–Crippen MR) is 97.5 cm³/mol. The fraction of sp³-hybridized carbons (Fsp3) is 0.333. The van der Waals surface area contributed by atoms with Crippen LogP contribution in [-0.4, -0.2) is 35.7 Å². The van der Waals surface area contributed by atoms with E-state index in [1.807, 2.05) is 44.2 Å². The Morgan fingerprint density at radius 1 is 1.19 bits per heavy atom. The van der Waals surface area contributed by atoms with Crippen molar-refractivity contribution < 1.29 is 23.8 Å². The Morgan fingerprint density at radius 2 is 1.96 bits per heavy atom. The highest BCUT2D eigenvalue weighted by atomic mass is 16.7. The molecule has 0 spiro atoms. The third-order valence-corrected chi connectivity index (χ3v) is 4.79. The highest BCUT2D eigenvalue weighted by Gasteiger charge is 2.35. The van der Waals surface area contributed by atoms with Gasteiger partial charge in [0.25, 0.3) is 0 Å². The Bertz CT molecular complexity index is 877. The lowest BCUT2D eigenvalue weighted by molar-refractivity contribution is -0.180. The second-order valence-corrected chi connectivity index (χ2v) is 7.17. The first-order valence-corrected chi connectivity index (χ1v) is 8.90. The molecule has 0 N–H and O–H groups in total. The standard InChI is InChI=1S/C21H21NO5/c1-21(2)26-12-16-10-15(8-9-19(16)27-21)18(23)11-22-17(13-25-20(22)24)14-6-4-3-5-7-14/h3-10,17H,11-13H2,1-2H3/t17-/m1/s1. The van der Waals surface area contributed by atoms with E-state index in [0.29, 0.717) is 17.9 Å². The van der Waals surface area contributed by atoms with E-state index >= 15 is 0 Å². The average molecular weight is 367 g/mol. The Hall–Kier alpha value is -2.86. The van der Waals surface area contributed by atoms with Crippen LogP contribution < -0.4 is 4.74 Å². The molecular formula is C21H21NO5. The minimum absolute atomic E-state index is 0.0373. The van der Waals surface area contributed by atoms with Crippen molar-refractivity contribution >= 4 is 11.9 Å². The summed E-state index contributed by atoms with van der Waals surface area (Å²) >= 11 is 0. The summed E-state index contributed by atoms with van der Waals surface area (Å²) in [7, 11) is 0. The highest BCUT2D eigenvalue weighted by Crippen LogP contribution is 2.32. The monoisotopic (exact) mass is 367 g/mol. The predicted octanol–water partition coefficient (Wildman–Crippen LogP) is 3.71. The van der Waals surface area contributed by atoms with Crippen LogP contribution in [0.5, 0.6) is 5.75 Å². The van der Waals surface area contributed by atoms with E-state index in [2.05, 4.69) is 0 Å². The summed E-state index contributed by atoms with van der Waals surface area (Å²) in [5, 5.41) is 0. The van der Waals surface area contributed by atoms with Crippen LogP contribution >= 0.6 is 0 Å². The Balaban J connectivity index is 1.52. The summed E-state index contributed by atoms with van der Waals surface area (Å²) in [6.07, 6.45) is -0.469. The van der Waals surface area contributed by atoms with Crippen LogP contribution in [0.4, 0.5) is 4.79 Å². The topological polar surface area (TPSA) is 65.1 Å². The van der Waals surface area contributed by atoms with Gasteiger partial charge in [-0.2, -0.15) is 0 Å². The zero-order valence-corrected chi connectivity index (χ0v) is 15.3. The zero-order valence-electron chi connectivity index (χ0n) is 15.3. The molecule has 6 heteroatoms. The number of cyclic esters (lactones) is 1. The lowest BCUT2D eigenvalue weighted by atomic mass is 10.0. The zero-order chi connectivity index (χ0) is 19.0. The van der Waals surface area contributed by atoms with Gasteiger partial charge in [-0.3, -0.25) is 9.69 Å². The number of amides is 1. The van der Waals surface area contributed by atoms with Crippen LogP contribution in [0.3, 0.4) is 0 Å². The summed E-state index contributed by atoms with van der Waals surface area (Å²) in [4.78, 5) is 26.4. The van der Waals surface area contributed by atoms with E-state index in [0.717, 1.165) is 11.1 Å². The normalized spacial score (nSPS) is 20.6. The van der Waals surface area contributed by atoms with E-state index in [4.69, 9.17) is 14.2 Å². The molecular weight excluding hydrogens is 346 g/mol. The second-order valence-electron chi connectivity index (χ2n) is 7.17. The summed E-state index contributed by atoms with van der Waals surface area (Å²) in [6.45, 7) is 4.28. The van der Waals surface area contributed by atoms with Crippen molar-refractivity contribution in [3.05, 3.63) is 65.2 Å². The molecule has 0 unspecified atom stereocenters. The third-order valence-electron chi connectivity index (χ3n) is 4.79. The summed E-state index contributed by atoms with van der Waals surface area (Å²) in [5.74, 6) is -0.117. The first-order valence-electron chi connectivity index (χ1n) is 8.90. The smallest absolute Gasteiger partial charge is 0.410 e. The maximum Gasteiger partial charge on any atom is 0.410 e. The van der Waals surface area contributed by atoms with Crippen molar-refractivity contribution in [1.29, 1.82) is 0 Å². The van der Waals surface area contributed by atoms with Gasteiger partial charge in [-0.25, -0.2) is 4.79 Å². The van der Waals surface area contributed by atoms with Crippen LogP contribution in [0, 0.1) is 0 Å². The number of fused-ring (bicyclic) bond motifs is 1. The molecule has 0 bridgehead atoms. The van der Waals surface area contributed by atoms with Gasteiger partial charge in [0.05, 0.1) is 19.2 Å². The molecule has 1 atom stereocenters. The summed E-state index contributed by atoms with van der Waals surface area (Å²) in [6, 6.07) is 14.6. The van der Waals surface area contributed by atoms with E-state index in [1.165, 1.54) is 4.90 Å². The van der Waals surface area contributed by atoms with Crippen molar-refractivity contribution in [2.45, 2.75) is 32.3 Å². The number of benzene rings is 2. The minimum Gasteiger partial charge on any atom is -0.463 e. The van der Waals surface area contributed by atoms with Crippen molar-refractivity contribution in [3.8, 4) is 5.75 Å². The van der Waals surface area contributed by atoms with Crippen molar-refractivity contribution in [3.63, 3.8) is 0 Å². The molecule has 2 aromatic carbocycles. The molecule has 1 fully saturated rings. The maximum atomic E-state index is 12.8. The molecule has 0 aliphatic carbocycles. The van der Waals surface area contributed by atoms with Gasteiger partial charge in [0.2, 0.25) is 5.79 Å². The highest BCUT2D eigenvalue weighted by molar-refractivity contribution is 5.99. The van der Waals surface area contributed by atoms with Crippen LogP contribution in [0.25, 0.3) is 0 Å². The molecule has 140 valence electrons. The Kier molecular flexibility index (Phi) is 4.36. The van der Waals surface area contributed by atoms with Gasteiger partial charge in [0.1, 0.15) is 12.4 Å². The average Bonchev–Trinajstić information content (AvgIpc) is 3.02. The molecule has 0 radical (unpaired) electrons. The molecule has 6 nitrogen and oxygen atoms in total. The van der Waals surface area contributed by atoms with Crippen LogP contribution in [0.15, 0.2) is 48.5 Å². The molecule has 0 aromatic heterocycles. The lowest BCUT2D eigenvalue weighted by Gasteiger charge is -2.32. The second kappa shape index (κ2) is 6.70. The number of ketones is 1. The van der Waals surface area contributed by atoms with Crippen molar-refractivity contribution in [1.82, 2.24) is 4.90 Å². The largest absolute Gasteiger partial charge is 0.463 e. The first kappa shape index (κ1) is 17.5. The van der Waals surface area contributed by atoms with Gasteiger partial charge >= 0.3 is 6.09 Å². The molecule has 1 amide bonds. The number of rotatable bonds is 4. The molecule has 2 heterocycles. The van der Waals surface area contributed by atoms with Gasteiger partial charge < -0.3 is 14.2 Å². The molecule has 0 saturated carbocycles. The Labute approximate surface area is 157 Å². The van der Waals surface area contributed by atoms with E-state index < -0.39 is 11.9 Å². The van der Waals surface area contributed by atoms with E-state index in [-0.39, 0.29) is 25.0 Å². The molecule has 2 aromatic rings. The fourth-order valence-corrected chi connectivity index (χ4v) is 3.33. The van der Waals surface area contributed by atoms with Crippen LogP contribution in [0.1, 0.15) is 41.4 Å². The van der Waals surface area contributed by atoms with E-state index in [9.17, 15) is 9.59 Å². The number of carbonyl (C=O) groups excluding carboxylic acids is 2. The lowest BCUT2D eigenvalue weighted by Crippen LogP contribution is -2.35. The quantitative estimate of drug-likeness (QED) is 0.771. The molecule has 2 aliphatic rings. The van der Waals surface area contributed by atoms with Gasteiger partial charge in [-0.05, 0) is 23.8 Å². The van der Waals surface area contributed by atoms with E-state index in [1.54, 1.807) is 18.2 Å².